The molecule has 0 unspecified atom stereocenters. The van der Waals surface area contributed by atoms with Crippen LogP contribution in [-0.4, -0.2) is 4.98 Å². The summed E-state index contributed by atoms with van der Waals surface area (Å²) >= 11 is 13.8. The van der Waals surface area contributed by atoms with E-state index in [1.807, 2.05) is 6.07 Å². The number of thiazole rings is 1. The molecule has 90 valence electrons. The molecule has 0 aliphatic rings. The summed E-state index contributed by atoms with van der Waals surface area (Å²) in [7, 11) is 0. The highest BCUT2D eigenvalue weighted by Gasteiger charge is 2.16. The first-order valence-electron chi connectivity index (χ1n) is 5.33. The monoisotopic (exact) mass is 286 g/mol. The molecule has 2 rings (SSSR count). The van der Waals surface area contributed by atoms with Gasteiger partial charge in [-0.15, -0.1) is 11.3 Å². The van der Waals surface area contributed by atoms with Crippen molar-refractivity contribution in [3.8, 4) is 11.3 Å². The molecule has 1 heterocycles. The minimum atomic E-state index is 0.581. The van der Waals surface area contributed by atoms with Crippen LogP contribution in [0.25, 0.3) is 11.3 Å². The Balaban J connectivity index is 2.52. The second-order valence-electron chi connectivity index (χ2n) is 3.67. The molecule has 2 aromatic rings. The molecule has 0 aliphatic heterocycles. The van der Waals surface area contributed by atoms with Crippen molar-refractivity contribution >= 4 is 39.5 Å². The molecule has 2 N–H and O–H groups in total. The van der Waals surface area contributed by atoms with E-state index in [9.17, 15) is 0 Å². The fourth-order valence-electron chi connectivity index (χ4n) is 1.60. The number of aryl methyl sites for hydroxylation is 1. The molecular weight excluding hydrogens is 275 g/mol. The molecule has 0 amide bonds. The number of halogens is 2. The maximum absolute atomic E-state index is 6.15. The highest BCUT2D eigenvalue weighted by Crippen LogP contribution is 2.39. The molecule has 0 saturated carbocycles. The first-order chi connectivity index (χ1) is 8.13. The van der Waals surface area contributed by atoms with E-state index in [-0.39, 0.29) is 0 Å². The maximum Gasteiger partial charge on any atom is 0.114 e. The third-order valence-corrected chi connectivity index (χ3v) is 3.94. The van der Waals surface area contributed by atoms with Crippen LogP contribution in [0.3, 0.4) is 0 Å². The summed E-state index contributed by atoms with van der Waals surface area (Å²) in [5.41, 5.74) is 7.41. The Kier molecular flexibility index (Phi) is 3.92. The van der Waals surface area contributed by atoms with Crippen molar-refractivity contribution in [2.75, 3.05) is 5.73 Å². The van der Waals surface area contributed by atoms with E-state index in [1.165, 1.54) is 11.3 Å². The van der Waals surface area contributed by atoms with E-state index >= 15 is 0 Å². The van der Waals surface area contributed by atoms with Crippen LogP contribution in [0.5, 0.6) is 0 Å². The number of anilines is 1. The lowest BCUT2D eigenvalue weighted by atomic mass is 10.1. The molecule has 1 aromatic heterocycles. The summed E-state index contributed by atoms with van der Waals surface area (Å²) < 4.78 is 0. The molecule has 0 bridgehead atoms. The van der Waals surface area contributed by atoms with Gasteiger partial charge in [0, 0.05) is 5.56 Å². The summed E-state index contributed by atoms with van der Waals surface area (Å²) in [5.74, 6) is 0. The van der Waals surface area contributed by atoms with Crippen molar-refractivity contribution in [3.63, 3.8) is 0 Å². The van der Waals surface area contributed by atoms with Gasteiger partial charge in [0.15, 0.2) is 0 Å². The molecule has 0 atom stereocenters. The zero-order chi connectivity index (χ0) is 12.4. The number of hydrogen-bond acceptors (Lipinski definition) is 3. The molecule has 2 nitrogen and oxygen atoms in total. The first-order valence-corrected chi connectivity index (χ1v) is 6.90. The van der Waals surface area contributed by atoms with Crippen LogP contribution >= 0.6 is 34.5 Å². The van der Waals surface area contributed by atoms with Gasteiger partial charge in [0.05, 0.1) is 15.1 Å². The maximum atomic E-state index is 6.15. The van der Waals surface area contributed by atoms with Crippen molar-refractivity contribution in [3.05, 3.63) is 33.3 Å². The van der Waals surface area contributed by atoms with Crippen molar-refractivity contribution in [2.45, 2.75) is 19.8 Å². The van der Waals surface area contributed by atoms with Crippen LogP contribution in [0.15, 0.2) is 18.2 Å². The summed E-state index contributed by atoms with van der Waals surface area (Å²) in [6, 6.07) is 5.39. The van der Waals surface area contributed by atoms with E-state index in [1.54, 1.807) is 12.1 Å². The average molecular weight is 287 g/mol. The molecule has 1 aromatic carbocycles. The lowest BCUT2D eigenvalue weighted by molar-refractivity contribution is 0.910. The molecule has 17 heavy (non-hydrogen) atoms. The normalized spacial score (nSPS) is 10.8. The van der Waals surface area contributed by atoms with Gasteiger partial charge in [0.25, 0.3) is 0 Å². The van der Waals surface area contributed by atoms with Crippen LogP contribution in [0.2, 0.25) is 10.0 Å². The Bertz CT molecular complexity index is 517. The standard InChI is InChI=1S/C12H12Cl2N2S/c1-2-4-9-16-11(12(15)17-9)10-7(13)5-3-6-8(10)14/h3,5-6H,2,4,15H2,1H3. The Morgan fingerprint density at radius 2 is 1.94 bits per heavy atom. The van der Waals surface area contributed by atoms with Crippen LogP contribution < -0.4 is 5.73 Å². The molecule has 0 aliphatic carbocycles. The molecule has 5 heteroatoms. The Morgan fingerprint density at radius 3 is 2.53 bits per heavy atom. The smallest absolute Gasteiger partial charge is 0.114 e. The van der Waals surface area contributed by atoms with Gasteiger partial charge >= 0.3 is 0 Å². The van der Waals surface area contributed by atoms with E-state index in [0.717, 1.165) is 23.4 Å². The van der Waals surface area contributed by atoms with Crippen LogP contribution in [0.1, 0.15) is 18.4 Å². The third kappa shape index (κ3) is 2.57. The summed E-state index contributed by atoms with van der Waals surface area (Å²) in [5, 5.41) is 2.86. The average Bonchev–Trinajstić information content (AvgIpc) is 2.60. The molecule has 0 fully saturated rings. The van der Waals surface area contributed by atoms with Crippen LogP contribution in [0.4, 0.5) is 5.00 Å². The number of rotatable bonds is 3. The number of hydrogen-bond donors (Lipinski definition) is 1. The van der Waals surface area contributed by atoms with Gasteiger partial charge in [-0.2, -0.15) is 0 Å². The summed E-state index contributed by atoms with van der Waals surface area (Å²) in [4.78, 5) is 4.52. The lowest BCUT2D eigenvalue weighted by Gasteiger charge is -2.04. The van der Waals surface area contributed by atoms with Crippen molar-refractivity contribution in [1.29, 1.82) is 0 Å². The topological polar surface area (TPSA) is 38.9 Å². The van der Waals surface area contributed by atoms with E-state index in [2.05, 4.69) is 11.9 Å². The number of benzene rings is 1. The van der Waals surface area contributed by atoms with E-state index in [4.69, 9.17) is 28.9 Å². The van der Waals surface area contributed by atoms with Gasteiger partial charge in [0.2, 0.25) is 0 Å². The predicted molar refractivity (Wildman–Crippen MR) is 76.0 cm³/mol. The minimum Gasteiger partial charge on any atom is -0.389 e. The minimum absolute atomic E-state index is 0.581. The predicted octanol–water partition coefficient (Wildman–Crippen LogP) is 4.65. The second kappa shape index (κ2) is 5.25. The van der Waals surface area contributed by atoms with Gasteiger partial charge in [-0.05, 0) is 25.0 Å². The number of aromatic nitrogens is 1. The summed E-state index contributed by atoms with van der Waals surface area (Å²) in [6.45, 7) is 2.11. The zero-order valence-corrected chi connectivity index (χ0v) is 11.7. The number of nitrogens with two attached hydrogens (primary N) is 1. The van der Waals surface area contributed by atoms with Gasteiger partial charge in [-0.25, -0.2) is 4.98 Å². The highest BCUT2D eigenvalue weighted by molar-refractivity contribution is 7.16. The van der Waals surface area contributed by atoms with Gasteiger partial charge in [0.1, 0.15) is 10.7 Å². The Hall–Kier alpha value is -0.770. The SMILES string of the molecule is CCCc1nc(-c2c(Cl)cccc2Cl)c(N)s1. The Morgan fingerprint density at radius 1 is 1.29 bits per heavy atom. The van der Waals surface area contributed by atoms with Crippen molar-refractivity contribution in [1.82, 2.24) is 4.98 Å². The third-order valence-electron chi connectivity index (χ3n) is 2.36. The van der Waals surface area contributed by atoms with Crippen molar-refractivity contribution in [2.24, 2.45) is 0 Å². The molecule has 0 saturated heterocycles. The van der Waals surface area contributed by atoms with Gasteiger partial charge in [-0.3, -0.25) is 0 Å². The van der Waals surface area contributed by atoms with E-state index in [0.29, 0.717) is 20.7 Å². The van der Waals surface area contributed by atoms with Crippen LogP contribution in [0, 0.1) is 0 Å². The summed E-state index contributed by atoms with van der Waals surface area (Å²) in [6.07, 6.45) is 1.97. The van der Waals surface area contributed by atoms with Crippen molar-refractivity contribution < 1.29 is 0 Å². The second-order valence-corrected chi connectivity index (χ2v) is 5.60. The van der Waals surface area contributed by atoms with E-state index < -0.39 is 0 Å². The lowest BCUT2D eigenvalue weighted by Crippen LogP contribution is -1.88. The highest BCUT2D eigenvalue weighted by atomic mass is 35.5. The molecule has 0 spiro atoms. The first kappa shape index (κ1) is 12.7. The quantitative estimate of drug-likeness (QED) is 0.892. The largest absolute Gasteiger partial charge is 0.389 e. The number of nitrogen functional groups attached to an aromatic ring is 1. The van der Waals surface area contributed by atoms with Gasteiger partial charge in [-0.1, -0.05) is 36.2 Å². The number of nitrogens with zero attached hydrogens (tertiary/aromatic N) is 1. The van der Waals surface area contributed by atoms with Gasteiger partial charge < -0.3 is 5.73 Å². The molecular formula is C12H12Cl2N2S. The van der Waals surface area contributed by atoms with Crippen LogP contribution in [-0.2, 0) is 6.42 Å². The Labute approximate surface area is 114 Å². The fourth-order valence-corrected chi connectivity index (χ4v) is 3.12. The molecule has 0 radical (unpaired) electrons. The zero-order valence-electron chi connectivity index (χ0n) is 9.34. The fraction of sp³-hybridized carbons (Fsp3) is 0.250.